The first-order valence-electron chi connectivity index (χ1n) is 6.95. The van der Waals surface area contributed by atoms with Crippen LogP contribution in [0.1, 0.15) is 5.56 Å². The Kier molecular flexibility index (Phi) is 4.66. The van der Waals surface area contributed by atoms with Gasteiger partial charge < -0.3 is 5.32 Å². The number of anilines is 1. The first-order chi connectivity index (χ1) is 10.7. The van der Waals surface area contributed by atoms with Gasteiger partial charge in [-0.05, 0) is 35.4 Å². The minimum atomic E-state index is 0.724. The first kappa shape index (κ1) is 14.9. The second-order valence-corrected chi connectivity index (χ2v) is 6.20. The van der Waals surface area contributed by atoms with Crippen LogP contribution in [0.4, 0.5) is 5.69 Å². The molecule has 3 aromatic rings. The largest absolute Gasteiger partial charge is 0.346 e. The van der Waals surface area contributed by atoms with E-state index in [-0.39, 0.29) is 0 Å². The van der Waals surface area contributed by atoms with Crippen LogP contribution in [0.25, 0.3) is 11.1 Å². The van der Waals surface area contributed by atoms with Crippen molar-refractivity contribution in [3.63, 3.8) is 0 Å². The molecule has 3 aromatic carbocycles. The lowest BCUT2D eigenvalue weighted by Crippen LogP contribution is -2.11. The number of rotatable bonds is 3. The highest BCUT2D eigenvalue weighted by Crippen LogP contribution is 2.25. The van der Waals surface area contributed by atoms with Crippen LogP contribution < -0.4 is 5.32 Å². The summed E-state index contributed by atoms with van der Waals surface area (Å²) < 4.78 is 1.05. The maximum absolute atomic E-state index is 5.60. The highest BCUT2D eigenvalue weighted by molar-refractivity contribution is 9.10. The van der Waals surface area contributed by atoms with Gasteiger partial charge in [-0.25, -0.2) is 0 Å². The van der Waals surface area contributed by atoms with Crippen molar-refractivity contribution in [3.8, 4) is 11.1 Å². The van der Waals surface area contributed by atoms with Gasteiger partial charge in [-0.15, -0.1) is 0 Å². The molecule has 0 amide bonds. The molecule has 0 radical (unpaired) electrons. The van der Waals surface area contributed by atoms with Gasteiger partial charge in [-0.2, -0.15) is 0 Å². The normalized spacial score (nSPS) is 10.2. The standard InChI is InChI=1S/C19H14BrNS/c20-15-10-12-16(13-11-15)21-19(22)18-9-5-4-8-17(18)14-6-2-1-3-7-14/h1-13H,(H,21,22). The zero-order chi connectivity index (χ0) is 15.4. The minimum absolute atomic E-state index is 0.724. The maximum atomic E-state index is 5.60. The lowest BCUT2D eigenvalue weighted by Gasteiger charge is -2.13. The summed E-state index contributed by atoms with van der Waals surface area (Å²) in [6, 6.07) is 26.5. The molecule has 0 bridgehead atoms. The summed E-state index contributed by atoms with van der Waals surface area (Å²) in [6.45, 7) is 0. The van der Waals surface area contributed by atoms with Gasteiger partial charge in [0, 0.05) is 15.7 Å². The molecule has 0 aromatic heterocycles. The summed E-state index contributed by atoms with van der Waals surface area (Å²) in [6.07, 6.45) is 0. The van der Waals surface area contributed by atoms with E-state index in [9.17, 15) is 0 Å². The molecule has 0 spiro atoms. The van der Waals surface area contributed by atoms with Crippen LogP contribution in [0.15, 0.2) is 83.3 Å². The number of thiocarbonyl (C=S) groups is 1. The highest BCUT2D eigenvalue weighted by atomic mass is 79.9. The van der Waals surface area contributed by atoms with E-state index < -0.39 is 0 Å². The zero-order valence-electron chi connectivity index (χ0n) is 11.8. The third-order valence-electron chi connectivity index (χ3n) is 3.36. The molecule has 22 heavy (non-hydrogen) atoms. The molecule has 0 unspecified atom stereocenters. The van der Waals surface area contributed by atoms with E-state index in [1.165, 1.54) is 0 Å². The summed E-state index contributed by atoms with van der Waals surface area (Å²) in [5.74, 6) is 0. The van der Waals surface area contributed by atoms with E-state index in [4.69, 9.17) is 12.2 Å². The fraction of sp³-hybridized carbons (Fsp3) is 0. The average Bonchev–Trinajstić information content (AvgIpc) is 2.58. The maximum Gasteiger partial charge on any atom is 0.111 e. The molecule has 0 atom stereocenters. The Morgan fingerprint density at radius 2 is 1.41 bits per heavy atom. The van der Waals surface area contributed by atoms with Crippen molar-refractivity contribution < 1.29 is 0 Å². The van der Waals surface area contributed by atoms with E-state index >= 15 is 0 Å². The van der Waals surface area contributed by atoms with E-state index in [0.29, 0.717) is 0 Å². The Balaban J connectivity index is 1.91. The summed E-state index contributed by atoms with van der Waals surface area (Å²) in [7, 11) is 0. The summed E-state index contributed by atoms with van der Waals surface area (Å²) >= 11 is 9.04. The second kappa shape index (κ2) is 6.86. The van der Waals surface area contributed by atoms with Crippen LogP contribution in [0, 0.1) is 0 Å². The molecule has 0 fully saturated rings. The van der Waals surface area contributed by atoms with Crippen molar-refractivity contribution in [2.24, 2.45) is 0 Å². The molecule has 0 saturated heterocycles. The van der Waals surface area contributed by atoms with E-state index in [2.05, 4.69) is 45.5 Å². The fourth-order valence-electron chi connectivity index (χ4n) is 2.28. The molecule has 3 rings (SSSR count). The van der Waals surface area contributed by atoms with Crippen LogP contribution >= 0.6 is 28.1 Å². The number of benzene rings is 3. The van der Waals surface area contributed by atoms with Crippen molar-refractivity contribution >= 4 is 38.8 Å². The number of halogens is 1. The lowest BCUT2D eigenvalue weighted by molar-refractivity contribution is 1.57. The third kappa shape index (κ3) is 3.43. The average molecular weight is 368 g/mol. The first-order valence-corrected chi connectivity index (χ1v) is 8.15. The van der Waals surface area contributed by atoms with Crippen LogP contribution in [-0.2, 0) is 0 Å². The number of nitrogens with one attached hydrogen (secondary N) is 1. The molecule has 0 aliphatic heterocycles. The van der Waals surface area contributed by atoms with Gasteiger partial charge in [-0.1, -0.05) is 82.7 Å². The second-order valence-electron chi connectivity index (χ2n) is 4.87. The molecule has 0 aliphatic carbocycles. The van der Waals surface area contributed by atoms with Gasteiger partial charge in [0.2, 0.25) is 0 Å². The SMILES string of the molecule is S=C(Nc1ccc(Br)cc1)c1ccccc1-c1ccccc1. The van der Waals surface area contributed by atoms with E-state index in [0.717, 1.165) is 31.8 Å². The van der Waals surface area contributed by atoms with Crippen molar-refractivity contribution in [1.29, 1.82) is 0 Å². The van der Waals surface area contributed by atoms with Gasteiger partial charge in [-0.3, -0.25) is 0 Å². The summed E-state index contributed by atoms with van der Waals surface area (Å²) in [4.78, 5) is 0.724. The molecule has 0 saturated carbocycles. The molecular weight excluding hydrogens is 354 g/mol. The number of hydrogen-bond acceptors (Lipinski definition) is 1. The van der Waals surface area contributed by atoms with Crippen molar-refractivity contribution in [3.05, 3.63) is 88.9 Å². The van der Waals surface area contributed by atoms with E-state index in [1.807, 2.05) is 54.6 Å². The predicted octanol–water partition coefficient (Wildman–Crippen LogP) is 5.90. The minimum Gasteiger partial charge on any atom is -0.346 e. The highest BCUT2D eigenvalue weighted by Gasteiger charge is 2.09. The summed E-state index contributed by atoms with van der Waals surface area (Å²) in [5, 5.41) is 3.31. The van der Waals surface area contributed by atoms with Crippen LogP contribution in [-0.4, -0.2) is 4.99 Å². The fourth-order valence-corrected chi connectivity index (χ4v) is 2.84. The van der Waals surface area contributed by atoms with Gasteiger partial charge in [0.05, 0.1) is 0 Å². The van der Waals surface area contributed by atoms with Crippen molar-refractivity contribution in [1.82, 2.24) is 0 Å². The lowest BCUT2D eigenvalue weighted by atomic mass is 9.99. The summed E-state index contributed by atoms with van der Waals surface area (Å²) in [5.41, 5.74) is 4.32. The smallest absolute Gasteiger partial charge is 0.111 e. The predicted molar refractivity (Wildman–Crippen MR) is 101 cm³/mol. The molecule has 1 N–H and O–H groups in total. The van der Waals surface area contributed by atoms with Crippen LogP contribution in [0.3, 0.4) is 0 Å². The van der Waals surface area contributed by atoms with Gasteiger partial charge in [0.25, 0.3) is 0 Å². The van der Waals surface area contributed by atoms with Crippen LogP contribution in [0.5, 0.6) is 0 Å². The van der Waals surface area contributed by atoms with Gasteiger partial charge in [0.15, 0.2) is 0 Å². The van der Waals surface area contributed by atoms with Crippen molar-refractivity contribution in [2.45, 2.75) is 0 Å². The Bertz CT molecular complexity index is 782. The Morgan fingerprint density at radius 1 is 0.773 bits per heavy atom. The molecule has 3 heteroatoms. The third-order valence-corrected chi connectivity index (χ3v) is 4.21. The monoisotopic (exact) mass is 367 g/mol. The number of hydrogen-bond donors (Lipinski definition) is 1. The zero-order valence-corrected chi connectivity index (χ0v) is 14.2. The topological polar surface area (TPSA) is 12.0 Å². The molecular formula is C19H14BrNS. The molecule has 0 heterocycles. The van der Waals surface area contributed by atoms with Gasteiger partial charge in [0.1, 0.15) is 4.99 Å². The van der Waals surface area contributed by atoms with Gasteiger partial charge >= 0.3 is 0 Å². The Hall–Kier alpha value is -1.97. The van der Waals surface area contributed by atoms with Crippen molar-refractivity contribution in [2.75, 3.05) is 5.32 Å². The Labute approximate surface area is 144 Å². The molecule has 0 aliphatic rings. The quantitative estimate of drug-likeness (QED) is 0.578. The molecule has 1 nitrogen and oxygen atoms in total. The van der Waals surface area contributed by atoms with E-state index in [1.54, 1.807) is 0 Å². The molecule has 108 valence electrons. The Morgan fingerprint density at radius 3 is 2.14 bits per heavy atom. The van der Waals surface area contributed by atoms with Crippen LogP contribution in [0.2, 0.25) is 0 Å².